The molecule has 0 radical (unpaired) electrons. The first-order valence-corrected chi connectivity index (χ1v) is 9.79. The summed E-state index contributed by atoms with van der Waals surface area (Å²) in [6.07, 6.45) is 1.63. The van der Waals surface area contributed by atoms with Crippen LogP contribution in [0.4, 0.5) is 0 Å². The first-order valence-electron chi connectivity index (χ1n) is 9.79. The summed E-state index contributed by atoms with van der Waals surface area (Å²) in [5, 5.41) is 13.2. The summed E-state index contributed by atoms with van der Waals surface area (Å²) in [6, 6.07) is 0.180. The lowest BCUT2D eigenvalue weighted by Crippen LogP contribution is -2.66. The van der Waals surface area contributed by atoms with Gasteiger partial charge >= 0.3 is 0 Å². The van der Waals surface area contributed by atoms with Crippen LogP contribution >= 0.6 is 0 Å². The van der Waals surface area contributed by atoms with Gasteiger partial charge in [0.15, 0.2) is 5.96 Å². The van der Waals surface area contributed by atoms with Crippen molar-refractivity contribution >= 4 is 11.9 Å². The van der Waals surface area contributed by atoms with E-state index in [0.29, 0.717) is 26.3 Å². The summed E-state index contributed by atoms with van der Waals surface area (Å²) < 4.78 is 5.44. The molecule has 2 fully saturated rings. The molecular formula is C19H36N4O3. The van der Waals surface area contributed by atoms with E-state index in [1.807, 2.05) is 11.8 Å². The Morgan fingerprint density at radius 3 is 2.50 bits per heavy atom. The fraction of sp³-hybridized carbons (Fsp3) is 0.895. The smallest absolute Gasteiger partial charge is 0.242 e. The maximum absolute atomic E-state index is 12.7. The number of piperazine rings is 1. The van der Waals surface area contributed by atoms with Crippen LogP contribution in [0.2, 0.25) is 0 Å². The van der Waals surface area contributed by atoms with Crippen molar-refractivity contribution in [1.29, 1.82) is 0 Å². The number of carbonyl (C=O) groups excluding carboxylic acids is 1. The molecule has 0 bridgehead atoms. The summed E-state index contributed by atoms with van der Waals surface area (Å²) in [6.45, 7) is 14.2. The van der Waals surface area contributed by atoms with Gasteiger partial charge in [-0.2, -0.15) is 0 Å². The van der Waals surface area contributed by atoms with Crippen molar-refractivity contribution in [2.45, 2.75) is 59.0 Å². The van der Waals surface area contributed by atoms with E-state index >= 15 is 0 Å². The Kier molecular flexibility index (Phi) is 6.91. The van der Waals surface area contributed by atoms with Gasteiger partial charge in [0, 0.05) is 37.8 Å². The second-order valence-corrected chi connectivity index (χ2v) is 8.47. The van der Waals surface area contributed by atoms with Crippen LogP contribution in [-0.2, 0) is 9.53 Å². The number of carbonyl (C=O) groups is 1. The molecule has 2 saturated heterocycles. The van der Waals surface area contributed by atoms with Crippen molar-refractivity contribution < 1.29 is 14.6 Å². The summed E-state index contributed by atoms with van der Waals surface area (Å²) in [5.41, 5.74) is -0.467. The SMILES string of the molecule is CCNC(=NCC1(CO)CCOCC1)N1CC(=O)N(C(C)C)C(C)(C)C1. The van der Waals surface area contributed by atoms with E-state index < -0.39 is 0 Å². The van der Waals surface area contributed by atoms with Gasteiger partial charge in [0.2, 0.25) is 5.91 Å². The number of ether oxygens (including phenoxy) is 1. The third-order valence-electron chi connectivity index (χ3n) is 5.43. The highest BCUT2D eigenvalue weighted by Crippen LogP contribution is 2.30. The van der Waals surface area contributed by atoms with Crippen LogP contribution in [0.1, 0.15) is 47.5 Å². The third-order valence-corrected chi connectivity index (χ3v) is 5.43. The average Bonchev–Trinajstić information content (AvgIpc) is 2.57. The first kappa shape index (κ1) is 21.0. The molecule has 1 amide bonds. The predicted octanol–water partition coefficient (Wildman–Crippen LogP) is 1.07. The minimum atomic E-state index is -0.257. The fourth-order valence-electron chi connectivity index (χ4n) is 4.15. The second kappa shape index (κ2) is 8.57. The van der Waals surface area contributed by atoms with Crippen molar-refractivity contribution in [3.63, 3.8) is 0 Å². The highest BCUT2D eigenvalue weighted by atomic mass is 16.5. The quantitative estimate of drug-likeness (QED) is 0.561. The van der Waals surface area contributed by atoms with Crippen molar-refractivity contribution in [2.24, 2.45) is 10.4 Å². The fourth-order valence-corrected chi connectivity index (χ4v) is 4.15. The summed E-state index contributed by atoms with van der Waals surface area (Å²) in [7, 11) is 0. The van der Waals surface area contributed by atoms with Crippen LogP contribution < -0.4 is 5.32 Å². The number of nitrogens with zero attached hydrogens (tertiary/aromatic N) is 3. The Morgan fingerprint density at radius 2 is 2.00 bits per heavy atom. The molecule has 0 saturated carbocycles. The highest BCUT2D eigenvalue weighted by Gasteiger charge is 2.41. The van der Waals surface area contributed by atoms with Crippen LogP contribution in [0.3, 0.4) is 0 Å². The Balaban J connectivity index is 2.17. The van der Waals surface area contributed by atoms with Crippen molar-refractivity contribution in [3.8, 4) is 0 Å². The molecule has 0 aromatic carbocycles. The molecule has 2 rings (SSSR count). The van der Waals surface area contributed by atoms with Gasteiger partial charge in [-0.3, -0.25) is 9.79 Å². The zero-order valence-electron chi connectivity index (χ0n) is 17.0. The number of amides is 1. The van der Waals surface area contributed by atoms with Gasteiger partial charge in [-0.05, 0) is 47.5 Å². The van der Waals surface area contributed by atoms with Gasteiger partial charge < -0.3 is 25.0 Å². The molecule has 0 atom stereocenters. The number of aliphatic hydroxyl groups excluding tert-OH is 1. The minimum absolute atomic E-state index is 0.116. The Bertz CT molecular complexity index is 513. The molecule has 0 aromatic heterocycles. The van der Waals surface area contributed by atoms with Gasteiger partial charge in [0.05, 0.1) is 25.2 Å². The summed E-state index contributed by atoms with van der Waals surface area (Å²) >= 11 is 0. The molecule has 2 N–H and O–H groups in total. The third kappa shape index (κ3) is 4.68. The van der Waals surface area contributed by atoms with E-state index in [0.717, 1.165) is 31.9 Å². The zero-order valence-corrected chi connectivity index (χ0v) is 17.0. The zero-order chi connectivity index (χ0) is 19.4. The second-order valence-electron chi connectivity index (χ2n) is 8.47. The number of aliphatic hydroxyl groups is 1. The maximum Gasteiger partial charge on any atom is 0.242 e. The van der Waals surface area contributed by atoms with Crippen LogP contribution in [0.15, 0.2) is 4.99 Å². The van der Waals surface area contributed by atoms with E-state index in [2.05, 4.69) is 37.9 Å². The van der Waals surface area contributed by atoms with E-state index in [4.69, 9.17) is 9.73 Å². The molecule has 26 heavy (non-hydrogen) atoms. The Morgan fingerprint density at radius 1 is 1.35 bits per heavy atom. The molecule has 2 heterocycles. The topological polar surface area (TPSA) is 77.4 Å². The average molecular weight is 369 g/mol. The number of hydrogen-bond acceptors (Lipinski definition) is 4. The minimum Gasteiger partial charge on any atom is -0.396 e. The van der Waals surface area contributed by atoms with Crippen LogP contribution in [0, 0.1) is 5.41 Å². The number of aliphatic imine (C=N–C) groups is 1. The molecule has 7 heteroatoms. The number of rotatable bonds is 5. The molecule has 2 aliphatic rings. The highest BCUT2D eigenvalue weighted by molar-refractivity contribution is 5.88. The van der Waals surface area contributed by atoms with E-state index in [1.165, 1.54) is 0 Å². The molecule has 2 aliphatic heterocycles. The maximum atomic E-state index is 12.7. The molecule has 7 nitrogen and oxygen atoms in total. The summed E-state index contributed by atoms with van der Waals surface area (Å²) in [5.74, 6) is 0.890. The molecular weight excluding hydrogens is 332 g/mol. The predicted molar refractivity (Wildman–Crippen MR) is 103 cm³/mol. The molecule has 150 valence electrons. The number of hydrogen-bond donors (Lipinski definition) is 2. The lowest BCUT2D eigenvalue weighted by molar-refractivity contribution is -0.145. The van der Waals surface area contributed by atoms with Crippen molar-refractivity contribution in [1.82, 2.24) is 15.1 Å². The standard InChI is InChI=1S/C19H36N4O3/c1-6-20-17(21-12-19(14-24)7-9-26-10-8-19)22-11-16(25)23(15(2)3)18(4,5)13-22/h15,24H,6-14H2,1-5H3,(H,20,21). The van der Waals surface area contributed by atoms with E-state index in [1.54, 1.807) is 0 Å². The van der Waals surface area contributed by atoms with Gasteiger partial charge in [-0.15, -0.1) is 0 Å². The first-order chi connectivity index (χ1) is 12.2. The van der Waals surface area contributed by atoms with Crippen LogP contribution in [0.25, 0.3) is 0 Å². The van der Waals surface area contributed by atoms with Gasteiger partial charge in [-0.25, -0.2) is 0 Å². The van der Waals surface area contributed by atoms with Crippen LogP contribution in [0.5, 0.6) is 0 Å². The summed E-state index contributed by atoms with van der Waals surface area (Å²) in [4.78, 5) is 21.6. The van der Waals surface area contributed by atoms with E-state index in [9.17, 15) is 9.90 Å². The normalized spacial score (nSPS) is 23.5. The van der Waals surface area contributed by atoms with Gasteiger partial charge in [0.25, 0.3) is 0 Å². The molecule has 0 aromatic rings. The monoisotopic (exact) mass is 368 g/mol. The van der Waals surface area contributed by atoms with Crippen LogP contribution in [-0.4, -0.2) is 84.4 Å². The molecule has 0 unspecified atom stereocenters. The van der Waals surface area contributed by atoms with Crippen molar-refractivity contribution in [2.75, 3.05) is 46.0 Å². The van der Waals surface area contributed by atoms with Crippen molar-refractivity contribution in [3.05, 3.63) is 0 Å². The molecule has 0 spiro atoms. The Hall–Kier alpha value is -1.34. The van der Waals surface area contributed by atoms with Gasteiger partial charge in [0.1, 0.15) is 0 Å². The van der Waals surface area contributed by atoms with Gasteiger partial charge in [-0.1, -0.05) is 0 Å². The Labute approximate surface area is 157 Å². The number of guanidine groups is 1. The lowest BCUT2D eigenvalue weighted by atomic mass is 9.81. The lowest BCUT2D eigenvalue weighted by Gasteiger charge is -2.49. The molecule has 0 aliphatic carbocycles. The van der Waals surface area contributed by atoms with E-state index in [-0.39, 0.29) is 29.5 Å². The largest absolute Gasteiger partial charge is 0.396 e. The number of nitrogens with one attached hydrogen (secondary N) is 1.